The van der Waals surface area contributed by atoms with E-state index in [1.165, 1.54) is 6.08 Å². The molecular formula is C23H20O3. The maximum Gasteiger partial charge on any atom is 0.336 e. The van der Waals surface area contributed by atoms with Gasteiger partial charge in [-0.2, -0.15) is 0 Å². The van der Waals surface area contributed by atoms with E-state index in [1.54, 1.807) is 18.2 Å². The SMILES string of the molecule is Cc1ccc(OC(=O)/C=C/c2ccc(OCc3ccccc3)cc2)cc1. The van der Waals surface area contributed by atoms with Crippen LogP contribution in [0, 0.1) is 6.92 Å². The molecule has 0 atom stereocenters. The molecule has 0 unspecified atom stereocenters. The molecule has 0 radical (unpaired) electrons. The Hall–Kier alpha value is -3.33. The van der Waals surface area contributed by atoms with Gasteiger partial charge in [-0.25, -0.2) is 4.79 Å². The van der Waals surface area contributed by atoms with Crippen molar-refractivity contribution in [1.82, 2.24) is 0 Å². The second kappa shape index (κ2) is 8.67. The highest BCUT2D eigenvalue weighted by molar-refractivity contribution is 5.88. The van der Waals surface area contributed by atoms with Crippen molar-refractivity contribution in [3.05, 3.63) is 102 Å². The van der Waals surface area contributed by atoms with Crippen LogP contribution in [0.2, 0.25) is 0 Å². The zero-order valence-electron chi connectivity index (χ0n) is 14.6. The van der Waals surface area contributed by atoms with Gasteiger partial charge in [0.05, 0.1) is 0 Å². The van der Waals surface area contributed by atoms with Crippen LogP contribution in [0.1, 0.15) is 16.7 Å². The summed E-state index contributed by atoms with van der Waals surface area (Å²) in [6.07, 6.45) is 3.14. The highest BCUT2D eigenvalue weighted by Crippen LogP contribution is 2.16. The number of benzene rings is 3. The van der Waals surface area contributed by atoms with E-state index in [9.17, 15) is 4.79 Å². The molecule has 0 N–H and O–H groups in total. The smallest absolute Gasteiger partial charge is 0.336 e. The van der Waals surface area contributed by atoms with Crippen LogP contribution < -0.4 is 9.47 Å². The molecule has 3 nitrogen and oxygen atoms in total. The van der Waals surface area contributed by atoms with Gasteiger partial charge in [-0.1, -0.05) is 60.2 Å². The molecule has 3 heteroatoms. The number of ether oxygens (including phenoxy) is 2. The van der Waals surface area contributed by atoms with Gasteiger partial charge in [-0.15, -0.1) is 0 Å². The third kappa shape index (κ3) is 5.35. The predicted molar refractivity (Wildman–Crippen MR) is 103 cm³/mol. The largest absolute Gasteiger partial charge is 0.489 e. The summed E-state index contributed by atoms with van der Waals surface area (Å²) in [7, 11) is 0. The van der Waals surface area contributed by atoms with E-state index in [2.05, 4.69) is 0 Å². The first-order valence-electron chi connectivity index (χ1n) is 8.42. The first kappa shape index (κ1) is 17.5. The Balaban J connectivity index is 1.52. The molecule has 0 aliphatic heterocycles. The number of carbonyl (C=O) groups is 1. The van der Waals surface area contributed by atoms with Crippen molar-refractivity contribution >= 4 is 12.0 Å². The molecule has 0 amide bonds. The monoisotopic (exact) mass is 344 g/mol. The van der Waals surface area contributed by atoms with Crippen LogP contribution in [0.25, 0.3) is 6.08 Å². The fourth-order valence-electron chi connectivity index (χ4n) is 2.34. The van der Waals surface area contributed by atoms with Crippen molar-refractivity contribution in [2.24, 2.45) is 0 Å². The summed E-state index contributed by atoms with van der Waals surface area (Å²) in [5.41, 5.74) is 3.14. The second-order valence-corrected chi connectivity index (χ2v) is 5.91. The van der Waals surface area contributed by atoms with E-state index in [-0.39, 0.29) is 0 Å². The van der Waals surface area contributed by atoms with Crippen molar-refractivity contribution in [1.29, 1.82) is 0 Å². The molecule has 3 rings (SSSR count). The highest BCUT2D eigenvalue weighted by atomic mass is 16.5. The Bertz CT molecular complexity index is 864. The van der Waals surface area contributed by atoms with Crippen LogP contribution in [0.15, 0.2) is 84.9 Å². The molecule has 0 heterocycles. The van der Waals surface area contributed by atoms with Gasteiger partial charge in [0.25, 0.3) is 0 Å². The molecule has 130 valence electrons. The van der Waals surface area contributed by atoms with Crippen LogP contribution in [0.3, 0.4) is 0 Å². The van der Waals surface area contributed by atoms with Crippen molar-refractivity contribution in [2.45, 2.75) is 13.5 Å². The van der Waals surface area contributed by atoms with Gasteiger partial charge in [0.15, 0.2) is 0 Å². The number of rotatable bonds is 6. The van der Waals surface area contributed by atoms with E-state index >= 15 is 0 Å². The minimum Gasteiger partial charge on any atom is -0.489 e. The van der Waals surface area contributed by atoms with Gasteiger partial charge in [-0.05, 0) is 48.4 Å². The third-order valence-corrected chi connectivity index (χ3v) is 3.78. The molecule has 0 spiro atoms. The molecule has 3 aromatic carbocycles. The van der Waals surface area contributed by atoms with Crippen LogP contribution in [-0.4, -0.2) is 5.97 Å². The van der Waals surface area contributed by atoms with Crippen LogP contribution in [0.4, 0.5) is 0 Å². The van der Waals surface area contributed by atoms with Crippen LogP contribution >= 0.6 is 0 Å². The fourth-order valence-corrected chi connectivity index (χ4v) is 2.34. The van der Waals surface area contributed by atoms with Gasteiger partial charge in [0.2, 0.25) is 0 Å². The zero-order valence-corrected chi connectivity index (χ0v) is 14.6. The summed E-state index contributed by atoms with van der Waals surface area (Å²) in [5.74, 6) is 0.918. The van der Waals surface area contributed by atoms with Gasteiger partial charge >= 0.3 is 5.97 Å². The summed E-state index contributed by atoms with van der Waals surface area (Å²) in [4.78, 5) is 11.9. The quantitative estimate of drug-likeness (QED) is 0.350. The standard InChI is InChI=1S/C23H20O3/c1-18-7-12-22(13-8-18)26-23(24)16-11-19-9-14-21(15-10-19)25-17-20-5-3-2-4-6-20/h2-16H,17H2,1H3/b16-11+. The average molecular weight is 344 g/mol. The Kier molecular flexibility index (Phi) is 5.84. The van der Waals surface area contributed by atoms with Gasteiger partial charge < -0.3 is 9.47 Å². The van der Waals surface area contributed by atoms with E-state index in [4.69, 9.17) is 9.47 Å². The summed E-state index contributed by atoms with van der Waals surface area (Å²) in [5, 5.41) is 0. The van der Waals surface area contributed by atoms with E-state index < -0.39 is 5.97 Å². The lowest BCUT2D eigenvalue weighted by Gasteiger charge is -2.06. The number of carbonyl (C=O) groups excluding carboxylic acids is 1. The minimum absolute atomic E-state index is 0.404. The van der Waals surface area contributed by atoms with Crippen molar-refractivity contribution in [2.75, 3.05) is 0 Å². The third-order valence-electron chi connectivity index (χ3n) is 3.78. The number of esters is 1. The summed E-state index contributed by atoms with van der Waals surface area (Å²) >= 11 is 0. The normalized spacial score (nSPS) is 10.7. The fraction of sp³-hybridized carbons (Fsp3) is 0.0870. The Morgan fingerprint density at radius 3 is 2.19 bits per heavy atom. The molecular weight excluding hydrogens is 324 g/mol. The minimum atomic E-state index is -0.404. The summed E-state index contributed by atoms with van der Waals surface area (Å²) < 4.78 is 11.0. The highest BCUT2D eigenvalue weighted by Gasteiger charge is 2.00. The molecule has 0 aromatic heterocycles. The van der Waals surface area contributed by atoms with Crippen molar-refractivity contribution < 1.29 is 14.3 Å². The van der Waals surface area contributed by atoms with E-state index in [1.807, 2.05) is 73.7 Å². The summed E-state index contributed by atoms with van der Waals surface area (Å²) in [6.45, 7) is 2.51. The zero-order chi connectivity index (χ0) is 18.2. The Morgan fingerprint density at radius 1 is 0.846 bits per heavy atom. The van der Waals surface area contributed by atoms with Crippen molar-refractivity contribution in [3.8, 4) is 11.5 Å². The molecule has 0 bridgehead atoms. The van der Waals surface area contributed by atoms with Crippen LogP contribution in [-0.2, 0) is 11.4 Å². The molecule has 0 fully saturated rings. The van der Waals surface area contributed by atoms with Crippen LogP contribution in [0.5, 0.6) is 11.5 Å². The Labute approximate surface area is 153 Å². The molecule has 26 heavy (non-hydrogen) atoms. The maximum absolute atomic E-state index is 11.9. The molecule has 0 aliphatic carbocycles. The molecule has 0 saturated carbocycles. The lowest BCUT2D eigenvalue weighted by Crippen LogP contribution is -2.03. The number of aryl methyl sites for hydroxylation is 1. The van der Waals surface area contributed by atoms with Gasteiger partial charge in [-0.3, -0.25) is 0 Å². The van der Waals surface area contributed by atoms with Gasteiger partial charge in [0, 0.05) is 6.08 Å². The van der Waals surface area contributed by atoms with Gasteiger partial charge in [0.1, 0.15) is 18.1 Å². The number of hydrogen-bond donors (Lipinski definition) is 0. The molecule has 0 aliphatic rings. The first-order valence-corrected chi connectivity index (χ1v) is 8.42. The van der Waals surface area contributed by atoms with Crippen molar-refractivity contribution in [3.63, 3.8) is 0 Å². The summed E-state index contributed by atoms with van der Waals surface area (Å²) in [6, 6.07) is 24.9. The Morgan fingerprint density at radius 2 is 1.50 bits per heavy atom. The maximum atomic E-state index is 11.9. The van der Waals surface area contributed by atoms with E-state index in [0.717, 1.165) is 22.4 Å². The second-order valence-electron chi connectivity index (χ2n) is 5.91. The average Bonchev–Trinajstić information content (AvgIpc) is 2.68. The first-order chi connectivity index (χ1) is 12.7. The van der Waals surface area contributed by atoms with E-state index in [0.29, 0.717) is 12.4 Å². The molecule has 0 saturated heterocycles. The predicted octanol–water partition coefficient (Wildman–Crippen LogP) is 5.19. The molecule has 3 aromatic rings. The lowest BCUT2D eigenvalue weighted by atomic mass is 10.2. The number of hydrogen-bond acceptors (Lipinski definition) is 3. The lowest BCUT2D eigenvalue weighted by molar-refractivity contribution is -0.128. The topological polar surface area (TPSA) is 35.5 Å².